The van der Waals surface area contributed by atoms with Crippen LogP contribution in [0.15, 0.2) is 24.4 Å². The number of benzene rings is 1. The van der Waals surface area contributed by atoms with Crippen LogP contribution < -0.4 is 10.6 Å². The highest BCUT2D eigenvalue weighted by molar-refractivity contribution is 6.31. The maximum Gasteiger partial charge on any atom is 0.323 e. The Morgan fingerprint density at radius 3 is 2.73 bits per heavy atom. The molecule has 8 heteroatoms. The van der Waals surface area contributed by atoms with Crippen LogP contribution in [0.5, 0.6) is 0 Å². The molecule has 0 fully saturated rings. The van der Waals surface area contributed by atoms with Gasteiger partial charge in [0.15, 0.2) is 0 Å². The van der Waals surface area contributed by atoms with Gasteiger partial charge in [0, 0.05) is 24.9 Å². The molecule has 0 saturated carbocycles. The number of carbonyl (C=O) groups excluding carboxylic acids is 1. The molecule has 0 saturated heterocycles. The Balaban J connectivity index is 1.99. The van der Waals surface area contributed by atoms with Crippen molar-refractivity contribution in [3.8, 4) is 0 Å². The third-order valence-corrected chi connectivity index (χ3v) is 3.29. The lowest BCUT2D eigenvalue weighted by molar-refractivity contribution is 0.255. The quantitative estimate of drug-likeness (QED) is 0.907. The highest BCUT2D eigenvalue weighted by Crippen LogP contribution is 2.19. The molecule has 2 aromatic rings. The van der Waals surface area contributed by atoms with E-state index in [0.29, 0.717) is 22.5 Å². The number of rotatable bonds is 3. The lowest BCUT2D eigenvalue weighted by Gasteiger charge is -2.05. The van der Waals surface area contributed by atoms with E-state index in [1.165, 1.54) is 10.9 Å². The summed E-state index contributed by atoms with van der Waals surface area (Å²) in [4.78, 5) is 11.6. The van der Waals surface area contributed by atoms with Crippen LogP contribution in [0.1, 0.15) is 11.3 Å². The minimum absolute atomic E-state index is 0.122. The Hall–Kier alpha value is -2.41. The molecule has 0 bridgehead atoms. The van der Waals surface area contributed by atoms with Gasteiger partial charge in [0.1, 0.15) is 16.8 Å². The summed E-state index contributed by atoms with van der Waals surface area (Å²) in [7, 11) is 1.70. The predicted molar refractivity (Wildman–Crippen MR) is 80.5 cm³/mol. The maximum absolute atomic E-state index is 13.4. The van der Waals surface area contributed by atoms with Gasteiger partial charge in [-0.05, 0) is 25.1 Å². The third kappa shape index (κ3) is 3.62. The van der Waals surface area contributed by atoms with Crippen molar-refractivity contribution in [1.29, 1.82) is 0 Å². The molecule has 116 valence electrons. The largest absolute Gasteiger partial charge is 0.323 e. The Labute approximate surface area is 130 Å². The number of halogens is 3. The van der Waals surface area contributed by atoms with Gasteiger partial charge in [-0.15, -0.1) is 0 Å². The molecule has 0 spiro atoms. The van der Waals surface area contributed by atoms with E-state index in [-0.39, 0.29) is 5.69 Å². The molecule has 0 unspecified atom stereocenters. The Bertz CT molecular complexity index is 743. The van der Waals surface area contributed by atoms with E-state index < -0.39 is 17.7 Å². The monoisotopic (exact) mass is 326 g/mol. The van der Waals surface area contributed by atoms with Crippen LogP contribution >= 0.6 is 11.6 Å². The van der Waals surface area contributed by atoms with Crippen molar-refractivity contribution < 1.29 is 13.6 Å². The standard InChI is InChI=1S/C14H13ClF2N4O/c1-8-10(13(15)21(2)20-8)5-6-18-14(22)19-12-4-3-9(16)7-11(12)17/h3-7H,1-2H3,(H2,18,19,22)/b6-5+. The average molecular weight is 327 g/mol. The molecule has 1 aromatic carbocycles. The zero-order valence-electron chi connectivity index (χ0n) is 11.8. The minimum atomic E-state index is -0.856. The molecule has 2 amide bonds. The number of aryl methyl sites for hydroxylation is 2. The zero-order valence-corrected chi connectivity index (χ0v) is 12.6. The average Bonchev–Trinajstić information content (AvgIpc) is 2.68. The normalized spacial score (nSPS) is 11.0. The van der Waals surface area contributed by atoms with Gasteiger partial charge in [-0.3, -0.25) is 4.68 Å². The van der Waals surface area contributed by atoms with Crippen LogP contribution in [0.2, 0.25) is 5.15 Å². The summed E-state index contributed by atoms with van der Waals surface area (Å²) in [6.45, 7) is 1.78. The number of hydrogen-bond donors (Lipinski definition) is 2. The lowest BCUT2D eigenvalue weighted by Crippen LogP contribution is -2.24. The summed E-state index contributed by atoms with van der Waals surface area (Å²) >= 11 is 6.03. The maximum atomic E-state index is 13.4. The van der Waals surface area contributed by atoms with E-state index in [1.807, 2.05) is 0 Å². The predicted octanol–water partition coefficient (Wildman–Crippen LogP) is 3.45. The van der Waals surface area contributed by atoms with Crippen LogP contribution in [-0.4, -0.2) is 15.8 Å². The molecule has 0 radical (unpaired) electrons. The van der Waals surface area contributed by atoms with Gasteiger partial charge in [-0.2, -0.15) is 5.10 Å². The number of nitrogens with zero attached hydrogens (tertiary/aromatic N) is 2. The van der Waals surface area contributed by atoms with E-state index in [4.69, 9.17) is 11.6 Å². The molecule has 2 rings (SSSR count). The Kier molecular flexibility index (Phi) is 4.77. The van der Waals surface area contributed by atoms with Gasteiger partial charge in [-0.1, -0.05) is 11.6 Å². The van der Waals surface area contributed by atoms with E-state index >= 15 is 0 Å². The second kappa shape index (κ2) is 6.57. The number of anilines is 1. The number of urea groups is 1. The first-order valence-corrected chi connectivity index (χ1v) is 6.64. The van der Waals surface area contributed by atoms with Crippen molar-refractivity contribution in [2.45, 2.75) is 6.92 Å². The van der Waals surface area contributed by atoms with E-state index in [0.717, 1.165) is 12.1 Å². The van der Waals surface area contributed by atoms with Crippen molar-refractivity contribution in [3.05, 3.63) is 52.4 Å². The van der Waals surface area contributed by atoms with E-state index in [9.17, 15) is 13.6 Å². The van der Waals surface area contributed by atoms with Crippen molar-refractivity contribution in [1.82, 2.24) is 15.1 Å². The molecular weight excluding hydrogens is 314 g/mol. The van der Waals surface area contributed by atoms with E-state index in [1.54, 1.807) is 20.0 Å². The molecule has 2 N–H and O–H groups in total. The Morgan fingerprint density at radius 1 is 1.41 bits per heavy atom. The lowest BCUT2D eigenvalue weighted by atomic mass is 10.2. The first kappa shape index (κ1) is 16.0. The van der Waals surface area contributed by atoms with Crippen molar-refractivity contribution >= 4 is 29.4 Å². The highest BCUT2D eigenvalue weighted by atomic mass is 35.5. The zero-order chi connectivity index (χ0) is 16.3. The van der Waals surface area contributed by atoms with Gasteiger partial charge in [0.25, 0.3) is 0 Å². The number of nitrogens with one attached hydrogen (secondary N) is 2. The Morgan fingerprint density at radius 2 is 2.14 bits per heavy atom. The van der Waals surface area contributed by atoms with Gasteiger partial charge in [0.05, 0.1) is 11.4 Å². The number of amides is 2. The molecule has 0 atom stereocenters. The molecule has 1 aromatic heterocycles. The molecule has 5 nitrogen and oxygen atoms in total. The van der Waals surface area contributed by atoms with Crippen LogP contribution in [0, 0.1) is 18.6 Å². The van der Waals surface area contributed by atoms with Crippen molar-refractivity contribution in [3.63, 3.8) is 0 Å². The molecule has 0 aliphatic rings. The van der Waals surface area contributed by atoms with Gasteiger partial charge >= 0.3 is 6.03 Å². The van der Waals surface area contributed by atoms with Gasteiger partial charge in [-0.25, -0.2) is 13.6 Å². The number of aromatic nitrogens is 2. The van der Waals surface area contributed by atoms with Crippen molar-refractivity contribution in [2.75, 3.05) is 5.32 Å². The fourth-order valence-corrected chi connectivity index (χ4v) is 2.02. The SMILES string of the molecule is Cc1nn(C)c(Cl)c1/C=C/NC(=O)Nc1ccc(F)cc1F. The second-order valence-electron chi connectivity index (χ2n) is 4.47. The smallest absolute Gasteiger partial charge is 0.314 e. The second-order valence-corrected chi connectivity index (χ2v) is 4.83. The topological polar surface area (TPSA) is 59.0 Å². The molecular formula is C14H13ClF2N4O. The molecule has 1 heterocycles. The summed E-state index contributed by atoms with van der Waals surface area (Å²) in [6, 6.07) is 2.20. The first-order chi connectivity index (χ1) is 10.4. The molecule has 22 heavy (non-hydrogen) atoms. The van der Waals surface area contributed by atoms with E-state index in [2.05, 4.69) is 15.7 Å². The van der Waals surface area contributed by atoms with Gasteiger partial charge in [0.2, 0.25) is 0 Å². The van der Waals surface area contributed by atoms with Crippen LogP contribution in [-0.2, 0) is 7.05 Å². The number of carbonyl (C=O) groups is 1. The summed E-state index contributed by atoms with van der Waals surface area (Å²) in [5.41, 5.74) is 1.25. The van der Waals surface area contributed by atoms with Crippen LogP contribution in [0.3, 0.4) is 0 Å². The van der Waals surface area contributed by atoms with Crippen LogP contribution in [0.25, 0.3) is 6.08 Å². The first-order valence-electron chi connectivity index (χ1n) is 6.26. The summed E-state index contributed by atoms with van der Waals surface area (Å²) in [6.07, 6.45) is 2.93. The summed E-state index contributed by atoms with van der Waals surface area (Å²) < 4.78 is 27.6. The third-order valence-electron chi connectivity index (χ3n) is 2.84. The molecule has 0 aliphatic carbocycles. The minimum Gasteiger partial charge on any atom is -0.314 e. The summed E-state index contributed by atoms with van der Waals surface area (Å²) in [5.74, 6) is -1.57. The number of hydrogen-bond acceptors (Lipinski definition) is 2. The molecule has 0 aliphatic heterocycles. The highest BCUT2D eigenvalue weighted by Gasteiger charge is 2.09. The van der Waals surface area contributed by atoms with Crippen LogP contribution in [0.4, 0.5) is 19.3 Å². The van der Waals surface area contributed by atoms with Gasteiger partial charge < -0.3 is 10.6 Å². The fourth-order valence-electron chi connectivity index (χ4n) is 1.79. The fraction of sp³-hybridized carbons (Fsp3) is 0.143. The van der Waals surface area contributed by atoms with Crippen molar-refractivity contribution in [2.24, 2.45) is 7.05 Å². The summed E-state index contributed by atoms with van der Waals surface area (Å²) in [5, 5.41) is 9.21.